The van der Waals surface area contributed by atoms with Gasteiger partial charge in [0, 0.05) is 6.42 Å². The Hall–Kier alpha value is -1.47. The fourth-order valence-corrected chi connectivity index (χ4v) is 7.72. The Morgan fingerprint density at radius 1 is 0.574 bits per heavy atom. The van der Waals surface area contributed by atoms with Crippen molar-refractivity contribution in [2.45, 2.75) is 221 Å². The third kappa shape index (κ3) is 16.8. The maximum atomic E-state index is 12.9. The van der Waals surface area contributed by atoms with Crippen molar-refractivity contribution in [3.63, 3.8) is 0 Å². The van der Waals surface area contributed by atoms with Crippen LogP contribution >= 0.6 is 0 Å². The van der Waals surface area contributed by atoms with Crippen molar-refractivity contribution in [2.75, 3.05) is 26.4 Å². The Labute approximate surface area is 359 Å². The Morgan fingerprint density at radius 3 is 1.54 bits per heavy atom. The van der Waals surface area contributed by atoms with Crippen molar-refractivity contribution >= 4 is 5.91 Å². The molecule has 3 heterocycles. The molecule has 3 saturated heterocycles. The molecular weight excluding hydrogens is 806 g/mol. The average molecular weight is 884 g/mol. The molecule has 0 spiro atoms. The first kappa shape index (κ1) is 53.9. The van der Waals surface area contributed by atoms with E-state index in [0.717, 1.165) is 51.4 Å². The Bertz CT molecular complexity index is 1200. The van der Waals surface area contributed by atoms with Gasteiger partial charge in [0.2, 0.25) is 5.91 Å². The lowest BCUT2D eigenvalue weighted by molar-refractivity contribution is -0.379. The molecule has 0 aromatic rings. The van der Waals surface area contributed by atoms with Crippen molar-refractivity contribution in [1.82, 2.24) is 5.32 Å². The highest BCUT2D eigenvalue weighted by atomic mass is 16.8. The summed E-state index contributed by atoms with van der Waals surface area (Å²) in [6.45, 7) is 1.54. The second-order valence-corrected chi connectivity index (χ2v) is 16.5. The van der Waals surface area contributed by atoms with Crippen LogP contribution in [-0.4, -0.2) is 193 Å². The molecule has 0 bridgehead atoms. The van der Waals surface area contributed by atoms with Gasteiger partial charge in [-0.05, 0) is 19.3 Å². The molecule has 0 aromatic carbocycles. The summed E-state index contributed by atoms with van der Waals surface area (Å²) in [5, 5.41) is 119. The SMILES string of the molecule is CCCCCCCCCCC/C=C/C(O)C(COC1OC(CO)C(OC2OC(CO)C(OC3OC(CO)C(O)C(O)C3O)C(O)C2O)C(O)C1O)NC(=O)CCCCCCC. The van der Waals surface area contributed by atoms with E-state index in [1.807, 2.05) is 6.08 Å². The maximum absolute atomic E-state index is 12.9. The fraction of sp³-hybridized carbons (Fsp3) is 0.929. The lowest BCUT2D eigenvalue weighted by Crippen LogP contribution is -2.66. The van der Waals surface area contributed by atoms with E-state index in [2.05, 4.69) is 19.2 Å². The van der Waals surface area contributed by atoms with Gasteiger partial charge >= 0.3 is 0 Å². The zero-order valence-corrected chi connectivity index (χ0v) is 35.9. The van der Waals surface area contributed by atoms with Gasteiger partial charge in [0.15, 0.2) is 18.9 Å². The van der Waals surface area contributed by atoms with Gasteiger partial charge in [-0.3, -0.25) is 4.79 Å². The number of hydrogen-bond donors (Lipinski definition) is 12. The summed E-state index contributed by atoms with van der Waals surface area (Å²) in [6.07, 6.45) is -6.98. The van der Waals surface area contributed by atoms with E-state index < -0.39 is 124 Å². The predicted molar refractivity (Wildman–Crippen MR) is 217 cm³/mol. The molecule has 61 heavy (non-hydrogen) atoms. The number of unbranched alkanes of at least 4 members (excludes halogenated alkanes) is 13. The molecule has 17 atom stereocenters. The monoisotopic (exact) mass is 884 g/mol. The number of aliphatic hydroxyl groups excluding tert-OH is 11. The molecule has 358 valence electrons. The molecule has 3 aliphatic heterocycles. The first-order valence-corrected chi connectivity index (χ1v) is 22.4. The molecule has 0 aromatic heterocycles. The summed E-state index contributed by atoms with van der Waals surface area (Å²) in [7, 11) is 0. The van der Waals surface area contributed by atoms with Crippen LogP contribution in [0.3, 0.4) is 0 Å². The van der Waals surface area contributed by atoms with Crippen molar-refractivity contribution < 1.29 is 89.4 Å². The highest BCUT2D eigenvalue weighted by Crippen LogP contribution is 2.33. The lowest BCUT2D eigenvalue weighted by atomic mass is 9.96. The number of ether oxygens (including phenoxy) is 6. The first-order valence-electron chi connectivity index (χ1n) is 22.4. The van der Waals surface area contributed by atoms with Crippen molar-refractivity contribution in [3.8, 4) is 0 Å². The van der Waals surface area contributed by atoms with Gasteiger partial charge in [-0.25, -0.2) is 0 Å². The minimum atomic E-state index is -1.97. The largest absolute Gasteiger partial charge is 0.394 e. The third-order valence-electron chi connectivity index (χ3n) is 11.6. The summed E-state index contributed by atoms with van der Waals surface area (Å²) in [5.74, 6) is -0.293. The minimum Gasteiger partial charge on any atom is -0.394 e. The molecule has 19 heteroatoms. The van der Waals surface area contributed by atoms with Crippen molar-refractivity contribution in [1.29, 1.82) is 0 Å². The van der Waals surface area contributed by atoms with Crippen LogP contribution < -0.4 is 5.32 Å². The van der Waals surface area contributed by atoms with Crippen molar-refractivity contribution in [3.05, 3.63) is 12.2 Å². The first-order chi connectivity index (χ1) is 29.3. The number of carbonyl (C=O) groups excluding carboxylic acids is 1. The van der Waals surface area contributed by atoms with E-state index in [4.69, 9.17) is 28.4 Å². The smallest absolute Gasteiger partial charge is 0.220 e. The van der Waals surface area contributed by atoms with E-state index in [1.54, 1.807) is 6.08 Å². The zero-order chi connectivity index (χ0) is 44.9. The van der Waals surface area contributed by atoms with Gasteiger partial charge in [-0.2, -0.15) is 0 Å². The summed E-state index contributed by atoms with van der Waals surface area (Å²) >= 11 is 0. The second kappa shape index (κ2) is 29.1. The predicted octanol–water partition coefficient (Wildman–Crippen LogP) is -0.865. The Morgan fingerprint density at radius 2 is 1.02 bits per heavy atom. The highest BCUT2D eigenvalue weighted by Gasteiger charge is 2.53. The maximum Gasteiger partial charge on any atom is 0.220 e. The van der Waals surface area contributed by atoms with Gasteiger partial charge in [0.05, 0.1) is 38.6 Å². The van der Waals surface area contributed by atoms with E-state index in [9.17, 15) is 61.0 Å². The Kier molecular flexibility index (Phi) is 25.7. The third-order valence-corrected chi connectivity index (χ3v) is 11.6. The number of nitrogens with one attached hydrogen (secondary N) is 1. The van der Waals surface area contributed by atoms with Crippen LogP contribution in [0.5, 0.6) is 0 Å². The van der Waals surface area contributed by atoms with Gasteiger partial charge in [-0.15, -0.1) is 0 Å². The Balaban J connectivity index is 1.60. The van der Waals surface area contributed by atoms with E-state index in [0.29, 0.717) is 6.42 Å². The van der Waals surface area contributed by atoms with Crippen molar-refractivity contribution in [2.24, 2.45) is 0 Å². The van der Waals surface area contributed by atoms with Crippen LogP contribution in [0.1, 0.15) is 117 Å². The molecule has 19 nitrogen and oxygen atoms in total. The number of amides is 1. The quantitative estimate of drug-likeness (QED) is 0.0321. The summed E-state index contributed by atoms with van der Waals surface area (Å²) in [4.78, 5) is 12.9. The van der Waals surface area contributed by atoms with Crippen LogP contribution in [0.25, 0.3) is 0 Å². The lowest BCUT2D eigenvalue weighted by Gasteiger charge is -2.48. The molecule has 0 saturated carbocycles. The molecule has 3 aliphatic rings. The molecular formula is C42H77NO18. The normalized spacial score (nSPS) is 35.7. The molecule has 17 unspecified atom stereocenters. The molecule has 0 radical (unpaired) electrons. The standard InChI is InChI=1S/C42H77NO18/c1-3-5-7-9-10-11-12-13-14-16-17-19-26(47)25(43-30(48)20-18-15-8-6-4-2)24-56-40-36(54)33(51)38(28(22-45)58-40)61-42-37(55)34(52)39(29(23-46)59-42)60-41-35(53)32(50)31(49)27(21-44)57-41/h17,19,25-29,31-42,44-47,49-55H,3-16,18,20-24H2,1-2H3,(H,43,48)/b19-17+. The highest BCUT2D eigenvalue weighted by molar-refractivity contribution is 5.76. The van der Waals surface area contributed by atoms with Crippen LogP contribution in [0.2, 0.25) is 0 Å². The summed E-state index contributed by atoms with van der Waals surface area (Å²) in [6, 6.07) is -0.960. The van der Waals surface area contributed by atoms with E-state index >= 15 is 0 Å². The number of rotatable bonds is 29. The van der Waals surface area contributed by atoms with Crippen LogP contribution in [0, 0.1) is 0 Å². The number of hydrogen-bond acceptors (Lipinski definition) is 18. The second-order valence-electron chi connectivity index (χ2n) is 16.5. The van der Waals surface area contributed by atoms with Crippen LogP contribution in [0.15, 0.2) is 12.2 Å². The number of aliphatic hydroxyl groups is 11. The van der Waals surface area contributed by atoms with Gasteiger partial charge in [0.1, 0.15) is 73.2 Å². The number of carbonyl (C=O) groups is 1. The van der Waals surface area contributed by atoms with Crippen LogP contribution in [0.4, 0.5) is 0 Å². The average Bonchev–Trinajstić information content (AvgIpc) is 3.25. The molecule has 0 aliphatic carbocycles. The topological polar surface area (TPSA) is 307 Å². The zero-order valence-electron chi connectivity index (χ0n) is 35.9. The van der Waals surface area contributed by atoms with E-state index in [-0.39, 0.29) is 18.9 Å². The summed E-state index contributed by atoms with van der Waals surface area (Å²) in [5.41, 5.74) is 0. The van der Waals surface area contributed by atoms with Gasteiger partial charge < -0.3 is 89.9 Å². The fourth-order valence-electron chi connectivity index (χ4n) is 7.72. The molecule has 1 amide bonds. The molecule has 12 N–H and O–H groups in total. The number of allylic oxidation sites excluding steroid dienone is 1. The molecule has 3 rings (SSSR count). The van der Waals surface area contributed by atoms with Gasteiger partial charge in [-0.1, -0.05) is 103 Å². The van der Waals surface area contributed by atoms with Crippen LogP contribution in [-0.2, 0) is 33.2 Å². The van der Waals surface area contributed by atoms with Gasteiger partial charge in [0.25, 0.3) is 0 Å². The molecule has 3 fully saturated rings. The minimum absolute atomic E-state index is 0.240. The summed E-state index contributed by atoms with van der Waals surface area (Å²) < 4.78 is 33.9. The van der Waals surface area contributed by atoms with E-state index in [1.165, 1.54) is 38.5 Å².